The maximum atomic E-state index is 14.7. The van der Waals surface area contributed by atoms with E-state index in [4.69, 9.17) is 9.47 Å². The number of rotatable bonds is 9. The Bertz CT molecular complexity index is 1690. The molecule has 1 N–H and O–H groups in total. The number of thioether (sulfide) groups is 1. The molecule has 0 bridgehead atoms. The van der Waals surface area contributed by atoms with Crippen LogP contribution in [0.25, 0.3) is 0 Å². The molecule has 1 amide bonds. The summed E-state index contributed by atoms with van der Waals surface area (Å²) in [6.07, 6.45) is 0.332. The highest BCUT2D eigenvalue weighted by Crippen LogP contribution is 2.48. The molecule has 0 spiro atoms. The molecule has 1 unspecified atom stereocenters. The van der Waals surface area contributed by atoms with Crippen LogP contribution in [0.4, 0.5) is 17.6 Å². The van der Waals surface area contributed by atoms with Crippen LogP contribution in [0.2, 0.25) is 0 Å². The normalized spacial score (nSPS) is 14.4. The Morgan fingerprint density at radius 3 is 2.23 bits per heavy atom. The van der Waals surface area contributed by atoms with Gasteiger partial charge in [0.25, 0.3) is 5.91 Å². The van der Waals surface area contributed by atoms with Gasteiger partial charge in [0.15, 0.2) is 11.5 Å². The van der Waals surface area contributed by atoms with E-state index in [2.05, 4.69) is 11.7 Å². The van der Waals surface area contributed by atoms with Crippen molar-refractivity contribution in [2.75, 3.05) is 7.11 Å². The second-order valence-electron chi connectivity index (χ2n) is 9.50. The minimum absolute atomic E-state index is 0.0549. The molecule has 1 aliphatic rings. The molecule has 5 rings (SSSR count). The summed E-state index contributed by atoms with van der Waals surface area (Å²) in [5.41, 5.74) is 1.60. The second-order valence-corrected chi connectivity index (χ2v) is 10.6. The Labute approximate surface area is 248 Å². The Balaban J connectivity index is 1.49. The lowest BCUT2D eigenvalue weighted by molar-refractivity contribution is 0.0737. The number of hydrogen-bond donors (Lipinski definition) is 1. The molecule has 0 fully saturated rings. The molecule has 220 valence electrons. The van der Waals surface area contributed by atoms with Gasteiger partial charge in [0.2, 0.25) is 0 Å². The summed E-state index contributed by atoms with van der Waals surface area (Å²) in [6, 6.07) is 18.6. The molecule has 0 saturated carbocycles. The van der Waals surface area contributed by atoms with Crippen LogP contribution in [0.15, 0.2) is 96.3 Å². The molecular weight excluding hydrogens is 584 g/mol. The first-order chi connectivity index (χ1) is 20.6. The van der Waals surface area contributed by atoms with E-state index < -0.39 is 40.1 Å². The molecule has 0 aromatic heterocycles. The van der Waals surface area contributed by atoms with Crippen molar-refractivity contribution in [2.45, 2.75) is 18.4 Å². The summed E-state index contributed by atoms with van der Waals surface area (Å²) in [5.74, 6) is -4.92. The van der Waals surface area contributed by atoms with Crippen LogP contribution in [0, 0.1) is 23.3 Å². The van der Waals surface area contributed by atoms with Crippen molar-refractivity contribution in [3.05, 3.63) is 142 Å². The highest BCUT2D eigenvalue weighted by Gasteiger charge is 2.39. The van der Waals surface area contributed by atoms with Crippen molar-refractivity contribution in [3.8, 4) is 11.5 Å². The van der Waals surface area contributed by atoms with Gasteiger partial charge in [-0.2, -0.15) is 5.10 Å². The smallest absolute Gasteiger partial charge is 0.281 e. The van der Waals surface area contributed by atoms with E-state index in [-0.39, 0.29) is 23.2 Å². The van der Waals surface area contributed by atoms with Crippen LogP contribution in [-0.4, -0.2) is 28.2 Å². The van der Waals surface area contributed by atoms with Gasteiger partial charge < -0.3 is 14.6 Å². The van der Waals surface area contributed by atoms with Gasteiger partial charge in [-0.3, -0.25) is 4.79 Å². The lowest BCUT2D eigenvalue weighted by Gasteiger charge is -2.24. The highest BCUT2D eigenvalue weighted by molar-refractivity contribution is 8.14. The van der Waals surface area contributed by atoms with E-state index in [1.165, 1.54) is 31.4 Å². The molecule has 1 heterocycles. The Morgan fingerprint density at radius 2 is 1.60 bits per heavy atom. The number of allylic oxidation sites excluding steroid dienone is 1. The number of methoxy groups -OCH3 is 1. The van der Waals surface area contributed by atoms with Crippen molar-refractivity contribution in [2.24, 2.45) is 5.10 Å². The van der Waals surface area contributed by atoms with E-state index in [9.17, 15) is 27.5 Å². The van der Waals surface area contributed by atoms with Gasteiger partial charge in [0, 0.05) is 29.7 Å². The number of ether oxygens (including phenoxy) is 2. The fourth-order valence-corrected chi connectivity index (χ4v) is 5.64. The van der Waals surface area contributed by atoms with Crippen LogP contribution >= 0.6 is 11.8 Å². The molecule has 4 aromatic carbocycles. The van der Waals surface area contributed by atoms with E-state index in [1.54, 1.807) is 18.2 Å². The zero-order chi connectivity index (χ0) is 30.7. The van der Waals surface area contributed by atoms with Crippen molar-refractivity contribution in [3.63, 3.8) is 0 Å². The third kappa shape index (κ3) is 6.51. The van der Waals surface area contributed by atoms with Gasteiger partial charge in [-0.1, -0.05) is 54.7 Å². The summed E-state index contributed by atoms with van der Waals surface area (Å²) >= 11 is 1.08. The molecular formula is C32H24F4N2O4S. The Morgan fingerprint density at radius 1 is 0.953 bits per heavy atom. The topological polar surface area (TPSA) is 71.4 Å². The van der Waals surface area contributed by atoms with Crippen molar-refractivity contribution < 1.29 is 36.9 Å². The third-order valence-electron chi connectivity index (χ3n) is 6.47. The second kappa shape index (κ2) is 12.6. The van der Waals surface area contributed by atoms with E-state index >= 15 is 0 Å². The number of amides is 1. The van der Waals surface area contributed by atoms with Gasteiger partial charge in [-0.25, -0.2) is 22.6 Å². The lowest BCUT2D eigenvalue weighted by atomic mass is 10.1. The third-order valence-corrected chi connectivity index (χ3v) is 7.69. The number of carbonyl (C=O) groups excluding carboxylic acids is 1. The number of carbonyl (C=O) groups is 1. The van der Waals surface area contributed by atoms with Crippen molar-refractivity contribution in [1.82, 2.24) is 5.01 Å². The first kappa shape index (κ1) is 29.7. The number of para-hydroxylation sites is 1. The number of nitrogens with zero attached hydrogens (tertiary/aromatic N) is 2. The van der Waals surface area contributed by atoms with Gasteiger partial charge in [-0.15, -0.1) is 0 Å². The highest BCUT2D eigenvalue weighted by atomic mass is 32.2. The Hall–Kier alpha value is -4.77. The van der Waals surface area contributed by atoms with Gasteiger partial charge in [0.1, 0.15) is 45.9 Å². The maximum absolute atomic E-state index is 14.7. The molecule has 0 aliphatic carbocycles. The molecule has 0 radical (unpaired) electrons. The van der Waals surface area contributed by atoms with Crippen molar-refractivity contribution >= 4 is 22.7 Å². The molecule has 1 aliphatic heterocycles. The minimum atomic E-state index is -1.38. The molecule has 0 saturated heterocycles. The van der Waals surface area contributed by atoms with Crippen LogP contribution in [0.5, 0.6) is 11.5 Å². The SMILES string of the molecule is C=C(O)Cc1ccc(COc2cccc(C3SC(c4ccc(F)cc4)=NN3C(=O)c3c(F)cc(F)cc3F)c2OC)cc1. The molecule has 11 heteroatoms. The summed E-state index contributed by atoms with van der Waals surface area (Å²) in [7, 11) is 1.41. The van der Waals surface area contributed by atoms with Crippen LogP contribution in [-0.2, 0) is 13.0 Å². The maximum Gasteiger partial charge on any atom is 0.281 e. The summed E-state index contributed by atoms with van der Waals surface area (Å²) in [6.45, 7) is 3.65. The van der Waals surface area contributed by atoms with Gasteiger partial charge in [-0.05, 0) is 41.5 Å². The zero-order valence-electron chi connectivity index (χ0n) is 22.7. The van der Waals surface area contributed by atoms with Crippen molar-refractivity contribution in [1.29, 1.82) is 0 Å². The predicted molar refractivity (Wildman–Crippen MR) is 155 cm³/mol. The first-order valence-corrected chi connectivity index (χ1v) is 13.8. The van der Waals surface area contributed by atoms with E-state index in [0.29, 0.717) is 35.4 Å². The monoisotopic (exact) mass is 608 g/mol. The Kier molecular flexibility index (Phi) is 8.72. The van der Waals surface area contributed by atoms with Gasteiger partial charge in [0.05, 0.1) is 12.9 Å². The van der Waals surface area contributed by atoms with E-state index in [0.717, 1.165) is 27.9 Å². The number of aliphatic hydroxyl groups excluding tert-OH is 1. The minimum Gasteiger partial charge on any atom is -0.513 e. The van der Waals surface area contributed by atoms with Crippen LogP contribution < -0.4 is 9.47 Å². The quantitative estimate of drug-likeness (QED) is 0.156. The fourth-order valence-electron chi connectivity index (χ4n) is 4.47. The number of hydrazone groups is 1. The fraction of sp³-hybridized carbons (Fsp3) is 0.125. The largest absolute Gasteiger partial charge is 0.513 e. The number of aliphatic hydroxyl groups is 1. The average molecular weight is 609 g/mol. The average Bonchev–Trinajstić information content (AvgIpc) is 3.41. The number of halogens is 4. The van der Waals surface area contributed by atoms with Gasteiger partial charge >= 0.3 is 0 Å². The summed E-state index contributed by atoms with van der Waals surface area (Å²) in [5, 5.41) is 13.9. The van der Waals surface area contributed by atoms with E-state index in [1.807, 2.05) is 24.3 Å². The lowest BCUT2D eigenvalue weighted by Crippen LogP contribution is -2.28. The standard InChI is InChI=1S/C32H24F4N2O4S/c1-18(39)14-19-6-8-20(9-7-19)17-42-27-5-3-4-24(29(27)41-2)32-38(31(40)28-25(35)15-23(34)16-26(28)36)37-30(43-32)21-10-12-22(33)13-11-21/h3-13,15-16,32,39H,1,14,17H2,2H3. The van der Waals surface area contributed by atoms with Crippen LogP contribution in [0.3, 0.4) is 0 Å². The first-order valence-electron chi connectivity index (χ1n) is 12.9. The van der Waals surface area contributed by atoms with Crippen LogP contribution in [0.1, 0.15) is 38.0 Å². The molecule has 4 aromatic rings. The number of benzene rings is 4. The predicted octanol–water partition coefficient (Wildman–Crippen LogP) is 7.69. The summed E-state index contributed by atoms with van der Waals surface area (Å²) < 4.78 is 68.3. The number of hydrogen-bond acceptors (Lipinski definition) is 6. The molecule has 1 atom stereocenters. The molecule has 6 nitrogen and oxygen atoms in total. The molecule has 43 heavy (non-hydrogen) atoms. The zero-order valence-corrected chi connectivity index (χ0v) is 23.5. The summed E-state index contributed by atoms with van der Waals surface area (Å²) in [4.78, 5) is 13.6.